The van der Waals surface area contributed by atoms with Crippen molar-refractivity contribution in [3.05, 3.63) is 21.9 Å². The van der Waals surface area contributed by atoms with Crippen molar-refractivity contribution < 1.29 is 14.7 Å². The number of carbonyl (C=O) groups excluding carboxylic acids is 1. The first kappa shape index (κ1) is 12.7. The van der Waals surface area contributed by atoms with Crippen LogP contribution in [0.1, 0.15) is 28.5 Å². The van der Waals surface area contributed by atoms with Crippen LogP contribution in [-0.2, 0) is 9.59 Å². The Balaban J connectivity index is 1.60. The van der Waals surface area contributed by atoms with Gasteiger partial charge in [-0.25, -0.2) is 0 Å². The van der Waals surface area contributed by atoms with E-state index < -0.39 is 5.97 Å². The van der Waals surface area contributed by atoms with E-state index >= 15 is 0 Å². The standard InChI is InChI=1S/C14H17NO3S/c1-8-2-3-12(19-8)10-6-11(10)13(16)15-5-4-9(7-15)14(17)18/h2-3,9-11H,4-7H2,1H3,(H,17,18)/t9-,10-,11+/m1/s1. The number of hydrogen-bond donors (Lipinski definition) is 1. The van der Waals surface area contributed by atoms with Gasteiger partial charge in [-0.05, 0) is 31.9 Å². The molecule has 1 saturated heterocycles. The van der Waals surface area contributed by atoms with Crippen molar-refractivity contribution in [2.24, 2.45) is 11.8 Å². The summed E-state index contributed by atoms with van der Waals surface area (Å²) in [5, 5.41) is 8.96. The van der Waals surface area contributed by atoms with Crippen molar-refractivity contribution >= 4 is 23.2 Å². The van der Waals surface area contributed by atoms with Gasteiger partial charge in [0.15, 0.2) is 0 Å². The van der Waals surface area contributed by atoms with Crippen molar-refractivity contribution in [2.75, 3.05) is 13.1 Å². The number of aliphatic carboxylic acids is 1. The van der Waals surface area contributed by atoms with Crippen molar-refractivity contribution in [3.63, 3.8) is 0 Å². The SMILES string of the molecule is Cc1ccc([C@@H]2C[C@@H]2C(=O)N2CC[C@@H](C(=O)O)C2)s1. The number of carbonyl (C=O) groups is 2. The lowest BCUT2D eigenvalue weighted by Crippen LogP contribution is -2.31. The predicted octanol–water partition coefficient (Wildman–Crippen LogP) is 2.09. The lowest BCUT2D eigenvalue weighted by atomic mass is 10.1. The monoisotopic (exact) mass is 279 g/mol. The Morgan fingerprint density at radius 1 is 1.42 bits per heavy atom. The molecule has 2 aliphatic rings. The minimum absolute atomic E-state index is 0.0885. The summed E-state index contributed by atoms with van der Waals surface area (Å²) in [4.78, 5) is 27.5. The van der Waals surface area contributed by atoms with Gasteiger partial charge in [-0.1, -0.05) is 0 Å². The van der Waals surface area contributed by atoms with Crippen molar-refractivity contribution in [2.45, 2.75) is 25.7 Å². The molecular formula is C14H17NO3S. The zero-order valence-electron chi connectivity index (χ0n) is 10.8. The molecule has 1 amide bonds. The number of hydrogen-bond acceptors (Lipinski definition) is 3. The van der Waals surface area contributed by atoms with Crippen LogP contribution in [0.15, 0.2) is 12.1 Å². The normalized spacial score (nSPS) is 29.5. The van der Waals surface area contributed by atoms with E-state index in [2.05, 4.69) is 19.1 Å². The molecular weight excluding hydrogens is 262 g/mol. The lowest BCUT2D eigenvalue weighted by Gasteiger charge is -2.15. The van der Waals surface area contributed by atoms with Gasteiger partial charge in [-0.2, -0.15) is 0 Å². The van der Waals surface area contributed by atoms with Crippen LogP contribution in [-0.4, -0.2) is 35.0 Å². The smallest absolute Gasteiger partial charge is 0.308 e. The summed E-state index contributed by atoms with van der Waals surface area (Å²) in [6, 6.07) is 4.21. The Bertz CT molecular complexity index is 525. The first-order valence-electron chi connectivity index (χ1n) is 6.64. The number of carboxylic acid groups (broad SMARTS) is 1. The molecule has 1 saturated carbocycles. The molecule has 19 heavy (non-hydrogen) atoms. The van der Waals surface area contributed by atoms with Gasteiger partial charge in [0, 0.05) is 34.7 Å². The minimum atomic E-state index is -0.781. The molecule has 1 aliphatic heterocycles. The summed E-state index contributed by atoms with van der Waals surface area (Å²) < 4.78 is 0. The number of amides is 1. The molecule has 0 spiro atoms. The van der Waals surface area contributed by atoms with E-state index in [-0.39, 0.29) is 17.7 Å². The Kier molecular flexibility index (Phi) is 3.09. The number of likely N-dealkylation sites (tertiary alicyclic amines) is 1. The minimum Gasteiger partial charge on any atom is -0.481 e. The van der Waals surface area contributed by atoms with Gasteiger partial charge in [0.05, 0.1) is 5.92 Å². The Hall–Kier alpha value is -1.36. The molecule has 5 heteroatoms. The molecule has 1 aliphatic carbocycles. The summed E-state index contributed by atoms with van der Waals surface area (Å²) in [6.45, 7) is 3.06. The highest BCUT2D eigenvalue weighted by Crippen LogP contribution is 2.50. The third-order valence-electron chi connectivity index (χ3n) is 4.08. The maximum Gasteiger partial charge on any atom is 0.308 e. The van der Waals surface area contributed by atoms with Gasteiger partial charge in [0.25, 0.3) is 0 Å². The number of nitrogens with zero attached hydrogens (tertiary/aromatic N) is 1. The van der Waals surface area contributed by atoms with E-state index in [0.29, 0.717) is 25.4 Å². The fraction of sp³-hybridized carbons (Fsp3) is 0.571. The van der Waals surface area contributed by atoms with Gasteiger partial charge >= 0.3 is 5.97 Å². The Labute approximate surface area is 116 Å². The van der Waals surface area contributed by atoms with Crippen molar-refractivity contribution in [3.8, 4) is 0 Å². The van der Waals surface area contributed by atoms with E-state index in [1.165, 1.54) is 9.75 Å². The molecule has 0 bridgehead atoms. The van der Waals surface area contributed by atoms with Crippen LogP contribution in [0.5, 0.6) is 0 Å². The van der Waals surface area contributed by atoms with Gasteiger partial charge < -0.3 is 10.0 Å². The van der Waals surface area contributed by atoms with Gasteiger partial charge in [-0.15, -0.1) is 11.3 Å². The number of rotatable bonds is 3. The fourth-order valence-electron chi connectivity index (χ4n) is 2.83. The highest BCUT2D eigenvalue weighted by molar-refractivity contribution is 7.12. The average Bonchev–Trinajstić information content (AvgIpc) is 2.82. The largest absolute Gasteiger partial charge is 0.481 e. The van der Waals surface area contributed by atoms with E-state index in [1.807, 2.05) is 0 Å². The first-order chi connectivity index (χ1) is 9.06. The predicted molar refractivity (Wildman–Crippen MR) is 72.2 cm³/mol. The summed E-state index contributed by atoms with van der Waals surface area (Å²) in [7, 11) is 0. The zero-order valence-corrected chi connectivity index (χ0v) is 11.7. The highest BCUT2D eigenvalue weighted by atomic mass is 32.1. The van der Waals surface area contributed by atoms with Crippen molar-refractivity contribution in [1.82, 2.24) is 4.90 Å². The maximum absolute atomic E-state index is 12.3. The van der Waals surface area contributed by atoms with E-state index in [4.69, 9.17) is 5.11 Å². The quantitative estimate of drug-likeness (QED) is 0.921. The molecule has 2 heterocycles. The molecule has 3 atom stereocenters. The highest BCUT2D eigenvalue weighted by Gasteiger charge is 2.47. The molecule has 4 nitrogen and oxygen atoms in total. The summed E-state index contributed by atoms with van der Waals surface area (Å²) in [5.74, 6) is -0.540. The second-order valence-electron chi connectivity index (χ2n) is 5.51. The summed E-state index contributed by atoms with van der Waals surface area (Å²) in [6.07, 6.45) is 1.52. The van der Waals surface area contributed by atoms with Gasteiger partial charge in [0.2, 0.25) is 5.91 Å². The molecule has 3 rings (SSSR count). The fourth-order valence-corrected chi connectivity index (χ4v) is 3.89. The zero-order chi connectivity index (χ0) is 13.6. The summed E-state index contributed by atoms with van der Waals surface area (Å²) >= 11 is 1.76. The Morgan fingerprint density at radius 2 is 2.21 bits per heavy atom. The van der Waals surface area contributed by atoms with Crippen LogP contribution < -0.4 is 0 Å². The van der Waals surface area contributed by atoms with E-state index in [1.54, 1.807) is 16.2 Å². The second kappa shape index (κ2) is 4.63. The molecule has 0 unspecified atom stereocenters. The van der Waals surface area contributed by atoms with E-state index in [9.17, 15) is 9.59 Å². The molecule has 1 aromatic rings. The number of aryl methyl sites for hydroxylation is 1. The second-order valence-corrected chi connectivity index (χ2v) is 6.82. The molecule has 0 radical (unpaired) electrons. The summed E-state index contributed by atoms with van der Waals surface area (Å²) in [5.41, 5.74) is 0. The maximum atomic E-state index is 12.3. The van der Waals surface area contributed by atoms with Crippen LogP contribution in [0.3, 0.4) is 0 Å². The van der Waals surface area contributed by atoms with Crippen LogP contribution in [0.2, 0.25) is 0 Å². The average molecular weight is 279 g/mol. The van der Waals surface area contributed by atoms with Gasteiger partial charge in [-0.3, -0.25) is 9.59 Å². The lowest BCUT2D eigenvalue weighted by molar-refractivity contribution is -0.141. The van der Waals surface area contributed by atoms with Crippen LogP contribution in [0.25, 0.3) is 0 Å². The molecule has 102 valence electrons. The van der Waals surface area contributed by atoms with Crippen molar-refractivity contribution in [1.29, 1.82) is 0 Å². The molecule has 2 fully saturated rings. The van der Waals surface area contributed by atoms with E-state index in [0.717, 1.165) is 6.42 Å². The number of thiophene rings is 1. The third-order valence-corrected chi connectivity index (χ3v) is 5.22. The Morgan fingerprint density at radius 3 is 2.79 bits per heavy atom. The van der Waals surface area contributed by atoms with Crippen LogP contribution in [0, 0.1) is 18.8 Å². The van der Waals surface area contributed by atoms with Crippen LogP contribution >= 0.6 is 11.3 Å². The van der Waals surface area contributed by atoms with Gasteiger partial charge in [0.1, 0.15) is 0 Å². The first-order valence-corrected chi connectivity index (χ1v) is 7.46. The molecule has 0 aromatic carbocycles. The third kappa shape index (κ3) is 2.39. The topological polar surface area (TPSA) is 57.6 Å². The van der Waals surface area contributed by atoms with Crippen LogP contribution in [0.4, 0.5) is 0 Å². The molecule has 1 N–H and O–H groups in total. The molecule has 1 aromatic heterocycles. The number of carboxylic acids is 1.